The second kappa shape index (κ2) is 8.07. The number of rotatable bonds is 5. The molecule has 2 heteroatoms. The highest BCUT2D eigenvalue weighted by Crippen LogP contribution is 2.40. The van der Waals surface area contributed by atoms with Gasteiger partial charge < -0.3 is 0 Å². The van der Waals surface area contributed by atoms with E-state index in [9.17, 15) is 9.59 Å². The molecule has 4 rings (SSSR count). The van der Waals surface area contributed by atoms with Crippen molar-refractivity contribution in [1.82, 2.24) is 0 Å². The van der Waals surface area contributed by atoms with Gasteiger partial charge in [-0.1, -0.05) is 91.0 Å². The van der Waals surface area contributed by atoms with Crippen LogP contribution in [-0.2, 0) is 0 Å². The van der Waals surface area contributed by atoms with Crippen LogP contribution in [0.5, 0.6) is 0 Å². The highest BCUT2D eigenvalue weighted by Gasteiger charge is 2.17. The van der Waals surface area contributed by atoms with Crippen molar-refractivity contribution in [3.05, 3.63) is 108 Å². The van der Waals surface area contributed by atoms with E-state index in [1.165, 1.54) is 5.56 Å². The molecule has 0 saturated heterocycles. The van der Waals surface area contributed by atoms with Crippen molar-refractivity contribution >= 4 is 12.6 Å². The SMILES string of the molecule is Cc1ccccc1-c1ccccc1-c1ccccc1-c1c(C=O)cccc1C=O. The molecular formula is C27H20O2. The van der Waals surface area contributed by atoms with Crippen molar-refractivity contribution in [3.63, 3.8) is 0 Å². The maximum atomic E-state index is 11.7. The van der Waals surface area contributed by atoms with Gasteiger partial charge in [0.05, 0.1) is 0 Å². The van der Waals surface area contributed by atoms with Crippen molar-refractivity contribution in [2.45, 2.75) is 6.92 Å². The van der Waals surface area contributed by atoms with Crippen LogP contribution in [0.1, 0.15) is 26.3 Å². The number of carbonyl (C=O) groups excluding carboxylic acids is 2. The maximum absolute atomic E-state index is 11.7. The van der Waals surface area contributed by atoms with Gasteiger partial charge in [-0.2, -0.15) is 0 Å². The average molecular weight is 376 g/mol. The number of hydrogen-bond donors (Lipinski definition) is 0. The van der Waals surface area contributed by atoms with Crippen LogP contribution in [0, 0.1) is 6.92 Å². The molecule has 0 aliphatic heterocycles. The molecule has 4 aromatic carbocycles. The molecule has 0 aliphatic carbocycles. The Bertz CT molecular complexity index is 1180. The number of carbonyl (C=O) groups is 2. The van der Waals surface area contributed by atoms with Crippen LogP contribution in [0.2, 0.25) is 0 Å². The average Bonchev–Trinajstić information content (AvgIpc) is 2.79. The molecule has 4 aromatic rings. The first-order valence-electron chi connectivity index (χ1n) is 9.52. The van der Waals surface area contributed by atoms with Crippen molar-refractivity contribution in [1.29, 1.82) is 0 Å². The zero-order chi connectivity index (χ0) is 20.2. The Labute approximate surface area is 170 Å². The summed E-state index contributed by atoms with van der Waals surface area (Å²) in [6, 6.07) is 29.7. The minimum Gasteiger partial charge on any atom is -0.298 e. The molecular weight excluding hydrogens is 356 g/mol. The first-order chi connectivity index (χ1) is 14.2. The van der Waals surface area contributed by atoms with Gasteiger partial charge in [0.2, 0.25) is 0 Å². The Kier molecular flexibility index (Phi) is 5.17. The summed E-state index contributed by atoms with van der Waals surface area (Å²) in [4.78, 5) is 23.5. The number of benzene rings is 4. The summed E-state index contributed by atoms with van der Waals surface area (Å²) in [5, 5.41) is 0. The van der Waals surface area contributed by atoms with Crippen LogP contribution < -0.4 is 0 Å². The van der Waals surface area contributed by atoms with Gasteiger partial charge in [0, 0.05) is 16.7 Å². The van der Waals surface area contributed by atoms with Crippen molar-refractivity contribution in [2.75, 3.05) is 0 Å². The standard InChI is InChI=1S/C27H20O2/c1-19-9-2-3-12-22(19)23-13-4-5-14-24(23)25-15-6-7-16-26(25)27-20(17-28)10-8-11-21(27)18-29/h2-18H,1H3. The Morgan fingerprint density at radius 1 is 0.483 bits per heavy atom. The summed E-state index contributed by atoms with van der Waals surface area (Å²) in [5.41, 5.74) is 8.10. The summed E-state index contributed by atoms with van der Waals surface area (Å²) in [5.74, 6) is 0. The molecule has 0 amide bonds. The molecule has 0 N–H and O–H groups in total. The lowest BCUT2D eigenvalue weighted by Gasteiger charge is -2.17. The molecule has 2 nitrogen and oxygen atoms in total. The van der Waals surface area contributed by atoms with E-state index in [0.717, 1.165) is 40.4 Å². The van der Waals surface area contributed by atoms with Crippen LogP contribution in [0.3, 0.4) is 0 Å². The van der Waals surface area contributed by atoms with E-state index >= 15 is 0 Å². The number of aldehydes is 2. The van der Waals surface area contributed by atoms with Gasteiger partial charge in [-0.25, -0.2) is 0 Å². The zero-order valence-corrected chi connectivity index (χ0v) is 16.1. The van der Waals surface area contributed by atoms with Gasteiger partial charge in [0.1, 0.15) is 0 Å². The Balaban J connectivity index is 2.02. The normalized spacial score (nSPS) is 10.5. The number of aryl methyl sites for hydroxylation is 1. The van der Waals surface area contributed by atoms with Gasteiger partial charge in [-0.05, 0) is 40.3 Å². The van der Waals surface area contributed by atoms with Crippen molar-refractivity contribution in [2.24, 2.45) is 0 Å². The van der Waals surface area contributed by atoms with Crippen LogP contribution in [0.25, 0.3) is 33.4 Å². The van der Waals surface area contributed by atoms with E-state index < -0.39 is 0 Å². The molecule has 0 saturated carbocycles. The van der Waals surface area contributed by atoms with Crippen LogP contribution in [-0.4, -0.2) is 12.6 Å². The van der Waals surface area contributed by atoms with Gasteiger partial charge in [-0.3, -0.25) is 9.59 Å². The maximum Gasteiger partial charge on any atom is 0.150 e. The van der Waals surface area contributed by atoms with E-state index in [-0.39, 0.29) is 0 Å². The lowest BCUT2D eigenvalue weighted by atomic mass is 9.86. The second-order valence-electron chi connectivity index (χ2n) is 6.95. The van der Waals surface area contributed by atoms with E-state index in [0.29, 0.717) is 16.7 Å². The van der Waals surface area contributed by atoms with Gasteiger partial charge in [0.25, 0.3) is 0 Å². The molecule has 0 bridgehead atoms. The van der Waals surface area contributed by atoms with Crippen LogP contribution >= 0.6 is 0 Å². The van der Waals surface area contributed by atoms with E-state index in [1.807, 2.05) is 48.5 Å². The largest absolute Gasteiger partial charge is 0.298 e. The first kappa shape index (κ1) is 18.6. The molecule has 0 radical (unpaired) electrons. The molecule has 0 atom stereocenters. The molecule has 140 valence electrons. The van der Waals surface area contributed by atoms with Crippen molar-refractivity contribution < 1.29 is 9.59 Å². The van der Waals surface area contributed by atoms with Crippen LogP contribution in [0.4, 0.5) is 0 Å². The smallest absolute Gasteiger partial charge is 0.150 e. The zero-order valence-electron chi connectivity index (χ0n) is 16.1. The third-order valence-corrected chi connectivity index (χ3v) is 5.23. The first-order valence-corrected chi connectivity index (χ1v) is 9.52. The molecule has 0 heterocycles. The Morgan fingerprint density at radius 2 is 0.897 bits per heavy atom. The summed E-state index contributed by atoms with van der Waals surface area (Å²) in [6.45, 7) is 2.10. The number of hydrogen-bond acceptors (Lipinski definition) is 2. The summed E-state index contributed by atoms with van der Waals surface area (Å²) in [7, 11) is 0. The minimum absolute atomic E-state index is 0.510. The third kappa shape index (κ3) is 3.41. The predicted molar refractivity (Wildman–Crippen MR) is 118 cm³/mol. The van der Waals surface area contributed by atoms with Gasteiger partial charge in [0.15, 0.2) is 12.6 Å². The fourth-order valence-electron chi connectivity index (χ4n) is 3.86. The topological polar surface area (TPSA) is 34.1 Å². The summed E-state index contributed by atoms with van der Waals surface area (Å²) in [6.07, 6.45) is 1.62. The van der Waals surface area contributed by atoms with Crippen LogP contribution in [0.15, 0.2) is 91.0 Å². The lowest BCUT2D eigenvalue weighted by molar-refractivity contribution is 0.112. The quantitative estimate of drug-likeness (QED) is 0.367. The molecule has 0 aliphatic rings. The van der Waals surface area contributed by atoms with Gasteiger partial charge in [-0.15, -0.1) is 0 Å². The second-order valence-corrected chi connectivity index (χ2v) is 6.95. The van der Waals surface area contributed by atoms with Gasteiger partial charge >= 0.3 is 0 Å². The molecule has 0 fully saturated rings. The summed E-state index contributed by atoms with van der Waals surface area (Å²) >= 11 is 0. The minimum atomic E-state index is 0.510. The lowest BCUT2D eigenvalue weighted by Crippen LogP contribution is -1.97. The van der Waals surface area contributed by atoms with E-state index in [4.69, 9.17) is 0 Å². The fourth-order valence-corrected chi connectivity index (χ4v) is 3.86. The monoisotopic (exact) mass is 376 g/mol. The van der Waals surface area contributed by atoms with E-state index in [2.05, 4.69) is 31.2 Å². The molecule has 0 spiro atoms. The Morgan fingerprint density at radius 3 is 1.41 bits per heavy atom. The Hall–Kier alpha value is -3.78. The molecule has 0 aromatic heterocycles. The van der Waals surface area contributed by atoms with E-state index in [1.54, 1.807) is 18.2 Å². The highest BCUT2D eigenvalue weighted by molar-refractivity contribution is 6.02. The summed E-state index contributed by atoms with van der Waals surface area (Å²) < 4.78 is 0. The molecule has 29 heavy (non-hydrogen) atoms. The fraction of sp³-hybridized carbons (Fsp3) is 0.0370. The highest BCUT2D eigenvalue weighted by atomic mass is 16.1. The third-order valence-electron chi connectivity index (χ3n) is 5.23. The molecule has 0 unspecified atom stereocenters. The van der Waals surface area contributed by atoms with Crippen molar-refractivity contribution in [3.8, 4) is 33.4 Å². The predicted octanol–water partition coefficient (Wildman–Crippen LogP) is 6.62.